The van der Waals surface area contributed by atoms with Gasteiger partial charge in [-0.1, -0.05) is 35.3 Å². The van der Waals surface area contributed by atoms with Gasteiger partial charge in [-0.25, -0.2) is 4.39 Å². The maximum Gasteiger partial charge on any atom is 0.123 e. The predicted octanol–water partition coefficient (Wildman–Crippen LogP) is 4.30. The first kappa shape index (κ1) is 13.3. The van der Waals surface area contributed by atoms with Crippen LogP contribution in [0.25, 0.3) is 11.1 Å². The lowest BCUT2D eigenvalue weighted by Gasteiger charge is -2.10. The van der Waals surface area contributed by atoms with Gasteiger partial charge in [0.05, 0.1) is 10.0 Å². The summed E-state index contributed by atoms with van der Waals surface area (Å²) in [7, 11) is 0. The molecule has 0 heterocycles. The van der Waals surface area contributed by atoms with Gasteiger partial charge in [0.2, 0.25) is 0 Å². The van der Waals surface area contributed by atoms with Crippen LogP contribution in [-0.4, -0.2) is 6.54 Å². The molecule has 2 aromatic carbocycles. The maximum absolute atomic E-state index is 13.2. The van der Waals surface area contributed by atoms with Crippen molar-refractivity contribution < 1.29 is 4.39 Å². The fourth-order valence-electron chi connectivity index (χ4n) is 1.87. The van der Waals surface area contributed by atoms with E-state index >= 15 is 0 Å². The normalized spacial score (nSPS) is 10.7. The molecule has 2 aromatic rings. The van der Waals surface area contributed by atoms with Crippen molar-refractivity contribution in [2.75, 3.05) is 6.54 Å². The minimum Gasteiger partial charge on any atom is -0.330 e. The van der Waals surface area contributed by atoms with Crippen LogP contribution in [0.2, 0.25) is 10.0 Å². The summed E-state index contributed by atoms with van der Waals surface area (Å²) < 4.78 is 13.2. The second-order valence-electron chi connectivity index (χ2n) is 3.97. The molecule has 0 fully saturated rings. The molecule has 18 heavy (non-hydrogen) atoms. The average Bonchev–Trinajstić information content (AvgIpc) is 2.34. The van der Waals surface area contributed by atoms with Crippen LogP contribution in [0.4, 0.5) is 4.39 Å². The first-order chi connectivity index (χ1) is 8.61. The van der Waals surface area contributed by atoms with Gasteiger partial charge in [0.15, 0.2) is 0 Å². The minimum absolute atomic E-state index is 0.262. The maximum atomic E-state index is 13.2. The van der Waals surface area contributed by atoms with Gasteiger partial charge in [-0.05, 0) is 53.9 Å². The third-order valence-corrected chi connectivity index (χ3v) is 3.45. The summed E-state index contributed by atoms with van der Waals surface area (Å²) in [6.45, 7) is 0.470. The first-order valence-electron chi connectivity index (χ1n) is 5.55. The van der Waals surface area contributed by atoms with Crippen LogP contribution in [0.5, 0.6) is 0 Å². The van der Waals surface area contributed by atoms with Crippen LogP contribution in [-0.2, 0) is 6.42 Å². The van der Waals surface area contributed by atoms with Crippen molar-refractivity contribution in [3.8, 4) is 11.1 Å². The van der Waals surface area contributed by atoms with Gasteiger partial charge in [0, 0.05) is 0 Å². The van der Waals surface area contributed by atoms with Gasteiger partial charge in [-0.3, -0.25) is 0 Å². The molecule has 94 valence electrons. The van der Waals surface area contributed by atoms with Gasteiger partial charge >= 0.3 is 0 Å². The third-order valence-electron chi connectivity index (χ3n) is 2.71. The van der Waals surface area contributed by atoms with Gasteiger partial charge in [-0.2, -0.15) is 0 Å². The fourth-order valence-corrected chi connectivity index (χ4v) is 2.17. The SMILES string of the molecule is NCCc1cc(F)ccc1-c1ccc(Cl)c(Cl)c1. The zero-order chi connectivity index (χ0) is 13.1. The molecule has 0 aromatic heterocycles. The lowest BCUT2D eigenvalue weighted by molar-refractivity contribution is 0.625. The van der Waals surface area contributed by atoms with Crippen molar-refractivity contribution in [2.45, 2.75) is 6.42 Å². The number of hydrogen-bond donors (Lipinski definition) is 1. The highest BCUT2D eigenvalue weighted by atomic mass is 35.5. The van der Waals surface area contributed by atoms with E-state index in [1.54, 1.807) is 18.2 Å². The second kappa shape index (κ2) is 5.70. The molecule has 4 heteroatoms. The molecular formula is C14H12Cl2FN. The largest absolute Gasteiger partial charge is 0.330 e. The molecule has 0 unspecified atom stereocenters. The van der Waals surface area contributed by atoms with Crippen LogP contribution < -0.4 is 5.73 Å². The van der Waals surface area contributed by atoms with Gasteiger partial charge in [-0.15, -0.1) is 0 Å². The molecule has 2 rings (SSSR count). The summed E-state index contributed by atoms with van der Waals surface area (Å²) in [4.78, 5) is 0. The van der Waals surface area contributed by atoms with Gasteiger partial charge < -0.3 is 5.73 Å². The van der Waals surface area contributed by atoms with Crippen molar-refractivity contribution in [2.24, 2.45) is 5.73 Å². The second-order valence-corrected chi connectivity index (χ2v) is 4.78. The first-order valence-corrected chi connectivity index (χ1v) is 6.31. The van der Waals surface area contributed by atoms with Crippen LogP contribution in [0.15, 0.2) is 36.4 Å². The summed E-state index contributed by atoms with van der Waals surface area (Å²) in [6, 6.07) is 10.0. The van der Waals surface area contributed by atoms with E-state index in [0.29, 0.717) is 23.0 Å². The molecule has 0 radical (unpaired) electrons. The number of hydrogen-bond acceptors (Lipinski definition) is 1. The predicted molar refractivity (Wildman–Crippen MR) is 74.6 cm³/mol. The van der Waals surface area contributed by atoms with Gasteiger partial charge in [0.1, 0.15) is 5.82 Å². The summed E-state index contributed by atoms with van der Waals surface area (Å²) >= 11 is 11.9. The zero-order valence-electron chi connectivity index (χ0n) is 9.59. The Morgan fingerprint density at radius 2 is 1.78 bits per heavy atom. The molecule has 2 N–H and O–H groups in total. The highest BCUT2D eigenvalue weighted by molar-refractivity contribution is 6.42. The van der Waals surface area contributed by atoms with Crippen molar-refractivity contribution in [1.29, 1.82) is 0 Å². The Balaban J connectivity index is 2.51. The van der Waals surface area contributed by atoms with Crippen LogP contribution in [0.3, 0.4) is 0 Å². The molecule has 0 aliphatic rings. The molecular weight excluding hydrogens is 272 g/mol. The van der Waals surface area contributed by atoms with Crippen molar-refractivity contribution in [3.63, 3.8) is 0 Å². The third kappa shape index (κ3) is 2.83. The quantitative estimate of drug-likeness (QED) is 0.893. The van der Waals surface area contributed by atoms with E-state index in [9.17, 15) is 4.39 Å². The molecule has 0 spiro atoms. The standard InChI is InChI=1S/C14H12Cl2FN/c15-13-4-1-9(8-14(13)16)12-3-2-11(17)7-10(12)5-6-18/h1-4,7-8H,5-6,18H2. The summed E-state index contributed by atoms with van der Waals surface area (Å²) in [6.07, 6.45) is 0.618. The smallest absolute Gasteiger partial charge is 0.123 e. The molecule has 0 aliphatic carbocycles. The van der Waals surface area contributed by atoms with E-state index in [0.717, 1.165) is 16.7 Å². The minimum atomic E-state index is -0.262. The van der Waals surface area contributed by atoms with E-state index in [1.165, 1.54) is 12.1 Å². The summed E-state index contributed by atoms with van der Waals surface area (Å²) in [5.41, 5.74) is 8.25. The Bertz CT molecular complexity index is 570. The van der Waals surface area contributed by atoms with Crippen LogP contribution in [0.1, 0.15) is 5.56 Å². The number of halogens is 3. The van der Waals surface area contributed by atoms with Crippen LogP contribution in [0, 0.1) is 5.82 Å². The Kier molecular flexibility index (Phi) is 4.23. The lowest BCUT2D eigenvalue weighted by atomic mass is 9.97. The topological polar surface area (TPSA) is 26.0 Å². The molecule has 0 amide bonds. The monoisotopic (exact) mass is 283 g/mol. The number of benzene rings is 2. The number of nitrogens with two attached hydrogens (primary N) is 1. The summed E-state index contributed by atoms with van der Waals surface area (Å²) in [5, 5.41) is 0.986. The van der Waals surface area contributed by atoms with E-state index in [2.05, 4.69) is 0 Å². The van der Waals surface area contributed by atoms with E-state index in [1.807, 2.05) is 6.07 Å². The highest BCUT2D eigenvalue weighted by Gasteiger charge is 2.08. The molecule has 0 saturated heterocycles. The summed E-state index contributed by atoms with van der Waals surface area (Å²) in [5.74, 6) is -0.262. The molecule has 0 saturated carbocycles. The Morgan fingerprint density at radius 3 is 2.44 bits per heavy atom. The molecule has 0 aliphatic heterocycles. The molecule has 0 atom stereocenters. The molecule has 0 bridgehead atoms. The van der Waals surface area contributed by atoms with Crippen molar-refractivity contribution >= 4 is 23.2 Å². The number of rotatable bonds is 3. The zero-order valence-corrected chi connectivity index (χ0v) is 11.1. The van der Waals surface area contributed by atoms with E-state index in [-0.39, 0.29) is 5.82 Å². The van der Waals surface area contributed by atoms with E-state index in [4.69, 9.17) is 28.9 Å². The van der Waals surface area contributed by atoms with E-state index < -0.39 is 0 Å². The average molecular weight is 284 g/mol. The Morgan fingerprint density at radius 1 is 1.00 bits per heavy atom. The van der Waals surface area contributed by atoms with Crippen molar-refractivity contribution in [1.82, 2.24) is 0 Å². The Labute approximate surface area is 115 Å². The van der Waals surface area contributed by atoms with Crippen molar-refractivity contribution in [3.05, 3.63) is 57.8 Å². The van der Waals surface area contributed by atoms with Gasteiger partial charge in [0.25, 0.3) is 0 Å². The Hall–Kier alpha value is -1.09. The fraction of sp³-hybridized carbons (Fsp3) is 0.143. The lowest BCUT2D eigenvalue weighted by Crippen LogP contribution is -2.04. The molecule has 1 nitrogen and oxygen atoms in total. The highest BCUT2D eigenvalue weighted by Crippen LogP contribution is 2.30. The van der Waals surface area contributed by atoms with Crippen LogP contribution >= 0.6 is 23.2 Å².